The summed E-state index contributed by atoms with van der Waals surface area (Å²) in [6, 6.07) is 10.5. The summed E-state index contributed by atoms with van der Waals surface area (Å²) in [6.45, 7) is 1.15. The van der Waals surface area contributed by atoms with Crippen molar-refractivity contribution in [3.63, 3.8) is 0 Å². The highest BCUT2D eigenvalue weighted by atomic mass is 16.5. The molecule has 0 saturated carbocycles. The number of hydrogen-bond acceptors (Lipinski definition) is 4. The Labute approximate surface area is 134 Å². The van der Waals surface area contributed by atoms with Crippen LogP contribution in [0.2, 0.25) is 0 Å². The first-order valence-corrected chi connectivity index (χ1v) is 7.82. The molecule has 1 aliphatic heterocycles. The number of piperidine rings is 1. The number of likely N-dealkylation sites (tertiary alicyclic amines) is 1. The second-order valence-corrected chi connectivity index (χ2v) is 5.70. The number of fused-ring (bicyclic) bond motifs is 1. The van der Waals surface area contributed by atoms with Crippen LogP contribution in [0.1, 0.15) is 29.6 Å². The van der Waals surface area contributed by atoms with E-state index in [1.54, 1.807) is 23.1 Å². The lowest BCUT2D eigenvalue weighted by atomic mass is 10.1. The molecule has 0 aliphatic carbocycles. The van der Waals surface area contributed by atoms with Crippen molar-refractivity contribution in [3.8, 4) is 5.75 Å². The van der Waals surface area contributed by atoms with Crippen LogP contribution >= 0.6 is 0 Å². The number of hydrogen-bond donors (Lipinski definition) is 1. The van der Waals surface area contributed by atoms with Crippen LogP contribution in [0, 0.1) is 0 Å². The molecule has 1 saturated heterocycles. The number of carbonyl (C=O) groups excluding carboxylic acids is 2. The summed E-state index contributed by atoms with van der Waals surface area (Å²) < 4.78 is 5.08. The van der Waals surface area contributed by atoms with Gasteiger partial charge in [0.05, 0.1) is 0 Å². The molecule has 1 fully saturated rings. The number of aromatic hydroxyl groups is 1. The van der Waals surface area contributed by atoms with Crippen LogP contribution in [0.15, 0.2) is 36.4 Å². The van der Waals surface area contributed by atoms with Gasteiger partial charge in [-0.1, -0.05) is 30.3 Å². The van der Waals surface area contributed by atoms with Crippen molar-refractivity contribution in [2.45, 2.75) is 19.3 Å². The summed E-state index contributed by atoms with van der Waals surface area (Å²) >= 11 is 0. The lowest BCUT2D eigenvalue weighted by molar-refractivity contribution is -0.135. The monoisotopic (exact) mass is 313 g/mol. The van der Waals surface area contributed by atoms with Gasteiger partial charge in [-0.15, -0.1) is 0 Å². The molecule has 3 rings (SSSR count). The van der Waals surface area contributed by atoms with Crippen LogP contribution in [-0.2, 0) is 9.53 Å². The second-order valence-electron chi connectivity index (χ2n) is 5.70. The van der Waals surface area contributed by atoms with E-state index in [0.29, 0.717) is 5.39 Å². The van der Waals surface area contributed by atoms with Gasteiger partial charge in [0.15, 0.2) is 6.61 Å². The van der Waals surface area contributed by atoms with Gasteiger partial charge in [-0.2, -0.15) is 0 Å². The van der Waals surface area contributed by atoms with Gasteiger partial charge < -0.3 is 14.7 Å². The zero-order valence-electron chi connectivity index (χ0n) is 12.8. The van der Waals surface area contributed by atoms with Gasteiger partial charge in [0.2, 0.25) is 0 Å². The fourth-order valence-corrected chi connectivity index (χ4v) is 2.86. The molecule has 5 nitrogen and oxygen atoms in total. The Balaban J connectivity index is 1.68. The SMILES string of the molecule is O=C(OCC(=O)N1CCCCC1)c1ccc2ccccc2c1O. The van der Waals surface area contributed by atoms with E-state index in [9.17, 15) is 14.7 Å². The number of carbonyl (C=O) groups is 2. The predicted molar refractivity (Wildman–Crippen MR) is 86.3 cm³/mol. The third-order valence-electron chi connectivity index (χ3n) is 4.16. The second kappa shape index (κ2) is 6.69. The highest BCUT2D eigenvalue weighted by Gasteiger charge is 2.20. The van der Waals surface area contributed by atoms with Crippen molar-refractivity contribution in [2.24, 2.45) is 0 Å². The summed E-state index contributed by atoms with van der Waals surface area (Å²) in [5.74, 6) is -0.976. The van der Waals surface area contributed by atoms with E-state index in [1.165, 1.54) is 6.07 Å². The maximum absolute atomic E-state index is 12.1. The van der Waals surface area contributed by atoms with Crippen LogP contribution in [0.4, 0.5) is 0 Å². The number of esters is 1. The molecule has 5 heteroatoms. The lowest BCUT2D eigenvalue weighted by Crippen LogP contribution is -2.38. The number of amides is 1. The van der Waals surface area contributed by atoms with E-state index in [-0.39, 0.29) is 23.8 Å². The normalized spacial score (nSPS) is 14.7. The molecule has 1 aliphatic rings. The molecule has 0 atom stereocenters. The largest absolute Gasteiger partial charge is 0.506 e. The molecule has 1 N–H and O–H groups in total. The topological polar surface area (TPSA) is 66.8 Å². The average molecular weight is 313 g/mol. The molecule has 0 bridgehead atoms. The first-order valence-electron chi connectivity index (χ1n) is 7.82. The van der Waals surface area contributed by atoms with Gasteiger partial charge in [0, 0.05) is 18.5 Å². The van der Waals surface area contributed by atoms with Crippen molar-refractivity contribution in [1.29, 1.82) is 0 Å². The summed E-state index contributed by atoms with van der Waals surface area (Å²) in [5, 5.41) is 11.7. The maximum Gasteiger partial charge on any atom is 0.342 e. The van der Waals surface area contributed by atoms with Gasteiger partial charge in [-0.05, 0) is 30.7 Å². The minimum Gasteiger partial charge on any atom is -0.506 e. The van der Waals surface area contributed by atoms with Gasteiger partial charge in [-0.3, -0.25) is 4.79 Å². The Hall–Kier alpha value is -2.56. The molecule has 2 aromatic carbocycles. The molecule has 0 spiro atoms. The Morgan fingerprint density at radius 2 is 1.78 bits per heavy atom. The van der Waals surface area contributed by atoms with E-state index < -0.39 is 5.97 Å². The average Bonchev–Trinajstić information content (AvgIpc) is 2.60. The number of rotatable bonds is 3. The minimum atomic E-state index is -0.682. The fraction of sp³-hybridized carbons (Fsp3) is 0.333. The Kier molecular flexibility index (Phi) is 4.46. The van der Waals surface area contributed by atoms with E-state index in [1.807, 2.05) is 12.1 Å². The van der Waals surface area contributed by atoms with E-state index in [0.717, 1.165) is 37.7 Å². The molecule has 120 valence electrons. The van der Waals surface area contributed by atoms with Crippen LogP contribution < -0.4 is 0 Å². The number of phenolic OH excluding ortho intramolecular Hbond substituents is 1. The van der Waals surface area contributed by atoms with Crippen LogP contribution in [-0.4, -0.2) is 41.6 Å². The number of phenols is 1. The van der Waals surface area contributed by atoms with Crippen LogP contribution in [0.3, 0.4) is 0 Å². The third-order valence-corrected chi connectivity index (χ3v) is 4.16. The molecule has 1 amide bonds. The first kappa shape index (κ1) is 15.3. The molecule has 23 heavy (non-hydrogen) atoms. The lowest BCUT2D eigenvalue weighted by Gasteiger charge is -2.26. The Morgan fingerprint density at radius 3 is 2.57 bits per heavy atom. The molecule has 1 heterocycles. The van der Waals surface area contributed by atoms with Crippen molar-refractivity contribution in [3.05, 3.63) is 42.0 Å². The zero-order chi connectivity index (χ0) is 16.2. The van der Waals surface area contributed by atoms with Crippen LogP contribution in [0.25, 0.3) is 10.8 Å². The summed E-state index contributed by atoms with van der Waals surface area (Å²) in [6.07, 6.45) is 3.12. The highest BCUT2D eigenvalue weighted by Crippen LogP contribution is 2.29. The van der Waals surface area contributed by atoms with Crippen molar-refractivity contribution < 1.29 is 19.4 Å². The quantitative estimate of drug-likeness (QED) is 0.885. The number of benzene rings is 2. The van der Waals surface area contributed by atoms with Crippen LogP contribution in [0.5, 0.6) is 5.75 Å². The molecular formula is C18H19NO4. The van der Waals surface area contributed by atoms with Crippen molar-refractivity contribution in [1.82, 2.24) is 4.90 Å². The summed E-state index contributed by atoms with van der Waals surface area (Å²) in [7, 11) is 0. The summed E-state index contributed by atoms with van der Waals surface area (Å²) in [4.78, 5) is 25.9. The molecular weight excluding hydrogens is 294 g/mol. The molecule has 2 aromatic rings. The summed E-state index contributed by atoms with van der Waals surface area (Å²) in [5.41, 5.74) is 0.0788. The molecule has 0 radical (unpaired) electrons. The van der Waals surface area contributed by atoms with Gasteiger partial charge in [0.1, 0.15) is 11.3 Å². The first-order chi connectivity index (χ1) is 11.2. The van der Waals surface area contributed by atoms with Gasteiger partial charge in [-0.25, -0.2) is 4.79 Å². The number of ether oxygens (including phenoxy) is 1. The fourth-order valence-electron chi connectivity index (χ4n) is 2.86. The Bertz CT molecular complexity index is 735. The number of nitrogens with zero attached hydrogens (tertiary/aromatic N) is 1. The van der Waals surface area contributed by atoms with E-state index in [2.05, 4.69) is 0 Å². The highest BCUT2D eigenvalue weighted by molar-refractivity contribution is 6.01. The molecule has 0 aromatic heterocycles. The Morgan fingerprint density at radius 1 is 1.04 bits per heavy atom. The standard InChI is InChI=1S/C18H19NO4/c20-16(19-10-4-1-5-11-19)12-23-18(22)15-9-8-13-6-2-3-7-14(13)17(15)21/h2-3,6-9,21H,1,4-5,10-12H2. The third kappa shape index (κ3) is 3.28. The van der Waals surface area contributed by atoms with Gasteiger partial charge in [0.25, 0.3) is 5.91 Å². The van der Waals surface area contributed by atoms with Crippen molar-refractivity contribution in [2.75, 3.05) is 19.7 Å². The maximum atomic E-state index is 12.1. The van der Waals surface area contributed by atoms with E-state index >= 15 is 0 Å². The smallest absolute Gasteiger partial charge is 0.342 e. The van der Waals surface area contributed by atoms with Crippen molar-refractivity contribution >= 4 is 22.6 Å². The van der Waals surface area contributed by atoms with Gasteiger partial charge >= 0.3 is 5.97 Å². The minimum absolute atomic E-state index is 0.0788. The predicted octanol–water partition coefficient (Wildman–Crippen LogP) is 2.71. The van der Waals surface area contributed by atoms with E-state index in [4.69, 9.17) is 4.74 Å². The molecule has 0 unspecified atom stereocenters. The zero-order valence-corrected chi connectivity index (χ0v) is 12.8.